The van der Waals surface area contributed by atoms with E-state index in [4.69, 9.17) is 4.74 Å². The van der Waals surface area contributed by atoms with Crippen molar-refractivity contribution in [3.05, 3.63) is 77.9 Å². The van der Waals surface area contributed by atoms with Crippen LogP contribution in [-0.4, -0.2) is 41.0 Å². The standard InChI is InChI=1S/C30H33N3O4/c1-19-10-6-9-15-22(19)33-25(27(35)32-21-13-7-8-14-21)30-17-16-29(2,37-30)23(24(30)28(33)36)26(34)31-18-20-11-4-3-5-12-20/h3-6,9-12,15-17,21,23-25H,7-8,13-14,18H2,1-2H3,(H,31,34)(H,32,35)/t23-,24+,25+,29+,30-/m0/s1. The molecule has 1 spiro atoms. The maximum atomic E-state index is 14.3. The molecular weight excluding hydrogens is 466 g/mol. The fourth-order valence-corrected chi connectivity index (χ4v) is 6.87. The largest absolute Gasteiger partial charge is 0.356 e. The number of benzene rings is 2. The fraction of sp³-hybridized carbons (Fsp3) is 0.433. The lowest BCUT2D eigenvalue weighted by molar-refractivity contribution is -0.134. The highest BCUT2D eigenvalue weighted by atomic mass is 16.5. The SMILES string of the molecule is Cc1ccccc1N1C(=O)[C@H]2[C@@H](C(=O)NCc3ccccc3)[C@@]3(C)C=C[C@@]2(O3)[C@H]1C(=O)NC1CCCC1. The first-order chi connectivity index (χ1) is 17.8. The zero-order valence-electron chi connectivity index (χ0n) is 21.3. The van der Waals surface area contributed by atoms with Crippen LogP contribution in [0.3, 0.4) is 0 Å². The molecule has 5 atom stereocenters. The van der Waals surface area contributed by atoms with Crippen LogP contribution >= 0.6 is 0 Å². The predicted molar refractivity (Wildman–Crippen MR) is 139 cm³/mol. The van der Waals surface area contributed by atoms with Gasteiger partial charge in [-0.3, -0.25) is 19.3 Å². The third kappa shape index (κ3) is 3.71. The van der Waals surface area contributed by atoms with Gasteiger partial charge in [0.2, 0.25) is 17.7 Å². The van der Waals surface area contributed by atoms with Crippen LogP contribution in [0.2, 0.25) is 0 Å². The number of nitrogens with zero attached hydrogens (tertiary/aromatic N) is 1. The summed E-state index contributed by atoms with van der Waals surface area (Å²) >= 11 is 0. The summed E-state index contributed by atoms with van der Waals surface area (Å²) in [5.41, 5.74) is 0.372. The van der Waals surface area contributed by atoms with Crippen molar-refractivity contribution in [2.75, 3.05) is 4.90 Å². The molecule has 2 aromatic carbocycles. The average molecular weight is 500 g/mol. The van der Waals surface area contributed by atoms with Crippen molar-refractivity contribution >= 4 is 23.4 Å². The van der Waals surface area contributed by atoms with Crippen molar-refractivity contribution < 1.29 is 19.1 Å². The van der Waals surface area contributed by atoms with E-state index in [0.717, 1.165) is 36.8 Å². The molecule has 2 aromatic rings. The van der Waals surface area contributed by atoms with Crippen LogP contribution in [0.15, 0.2) is 66.7 Å². The molecule has 2 N–H and O–H groups in total. The number of aryl methyl sites for hydroxylation is 1. The fourth-order valence-electron chi connectivity index (χ4n) is 6.87. The zero-order valence-corrected chi connectivity index (χ0v) is 21.3. The summed E-state index contributed by atoms with van der Waals surface area (Å²) in [4.78, 5) is 43.5. The number of hydrogen-bond acceptors (Lipinski definition) is 4. The Kier molecular flexibility index (Phi) is 5.71. The molecule has 7 nitrogen and oxygen atoms in total. The molecule has 3 heterocycles. The number of amides is 3. The van der Waals surface area contributed by atoms with E-state index in [2.05, 4.69) is 10.6 Å². The first-order valence-corrected chi connectivity index (χ1v) is 13.3. The van der Waals surface area contributed by atoms with E-state index in [1.807, 2.05) is 80.6 Å². The molecule has 3 aliphatic heterocycles. The van der Waals surface area contributed by atoms with Crippen LogP contribution in [0, 0.1) is 18.8 Å². The van der Waals surface area contributed by atoms with Gasteiger partial charge in [0, 0.05) is 18.3 Å². The Morgan fingerprint density at radius 1 is 1.00 bits per heavy atom. The molecule has 4 aliphatic rings. The molecule has 1 saturated carbocycles. The van der Waals surface area contributed by atoms with E-state index in [0.29, 0.717) is 12.2 Å². The Hall–Kier alpha value is -3.45. The van der Waals surface area contributed by atoms with Crippen molar-refractivity contribution in [1.29, 1.82) is 0 Å². The van der Waals surface area contributed by atoms with Gasteiger partial charge >= 0.3 is 0 Å². The summed E-state index contributed by atoms with van der Waals surface area (Å²) in [7, 11) is 0. The van der Waals surface area contributed by atoms with Gasteiger partial charge in [0.1, 0.15) is 11.6 Å². The summed E-state index contributed by atoms with van der Waals surface area (Å²) < 4.78 is 6.62. The van der Waals surface area contributed by atoms with Crippen molar-refractivity contribution in [2.24, 2.45) is 11.8 Å². The minimum absolute atomic E-state index is 0.0971. The number of hydrogen-bond donors (Lipinski definition) is 2. The Morgan fingerprint density at radius 3 is 2.43 bits per heavy atom. The zero-order chi connectivity index (χ0) is 25.8. The third-order valence-corrected chi connectivity index (χ3v) is 8.61. The van der Waals surface area contributed by atoms with Gasteiger partial charge < -0.3 is 15.4 Å². The summed E-state index contributed by atoms with van der Waals surface area (Å²) in [5.74, 6) is -2.24. The van der Waals surface area contributed by atoms with Crippen LogP contribution in [0.25, 0.3) is 0 Å². The third-order valence-electron chi connectivity index (χ3n) is 8.61. The van der Waals surface area contributed by atoms with E-state index in [1.165, 1.54) is 0 Å². The number of para-hydroxylation sites is 1. The lowest BCUT2D eigenvalue weighted by Gasteiger charge is -2.34. The van der Waals surface area contributed by atoms with Crippen LogP contribution in [0.4, 0.5) is 5.69 Å². The molecule has 2 bridgehead atoms. The normalized spacial score (nSPS) is 32.1. The topological polar surface area (TPSA) is 87.7 Å². The lowest BCUT2D eigenvalue weighted by atomic mass is 9.70. The summed E-state index contributed by atoms with van der Waals surface area (Å²) in [6, 6.07) is 16.5. The number of carbonyl (C=O) groups is 3. The molecule has 2 saturated heterocycles. The number of anilines is 1. The van der Waals surface area contributed by atoms with Gasteiger partial charge in [-0.05, 0) is 43.9 Å². The molecule has 192 valence electrons. The average Bonchev–Trinajstić information content (AvgIpc) is 3.63. The van der Waals surface area contributed by atoms with Gasteiger partial charge in [0.15, 0.2) is 0 Å². The van der Waals surface area contributed by atoms with Crippen molar-refractivity contribution in [3.8, 4) is 0 Å². The Balaban J connectivity index is 1.37. The van der Waals surface area contributed by atoms with Crippen LogP contribution in [0.1, 0.15) is 43.7 Å². The van der Waals surface area contributed by atoms with Crippen LogP contribution in [0.5, 0.6) is 0 Å². The molecule has 6 rings (SSSR count). The number of fused-ring (bicyclic) bond motifs is 1. The van der Waals surface area contributed by atoms with E-state index in [1.54, 1.807) is 4.90 Å². The molecule has 3 amide bonds. The summed E-state index contributed by atoms with van der Waals surface area (Å²) in [6.45, 7) is 4.14. The maximum Gasteiger partial charge on any atom is 0.246 e. The monoisotopic (exact) mass is 499 g/mol. The summed E-state index contributed by atoms with van der Waals surface area (Å²) in [5, 5.41) is 6.23. The molecule has 1 aliphatic carbocycles. The van der Waals surface area contributed by atoms with E-state index in [9.17, 15) is 14.4 Å². The molecule has 7 heteroatoms. The van der Waals surface area contributed by atoms with Crippen molar-refractivity contribution in [2.45, 2.75) is 69.4 Å². The first-order valence-electron chi connectivity index (χ1n) is 13.3. The highest BCUT2D eigenvalue weighted by Gasteiger charge is 2.76. The van der Waals surface area contributed by atoms with E-state index >= 15 is 0 Å². The van der Waals surface area contributed by atoms with Gasteiger partial charge in [0.05, 0.1) is 17.4 Å². The summed E-state index contributed by atoms with van der Waals surface area (Å²) in [6.07, 6.45) is 7.79. The number of ether oxygens (including phenoxy) is 1. The number of nitrogens with one attached hydrogen (secondary N) is 2. The van der Waals surface area contributed by atoms with E-state index < -0.39 is 29.1 Å². The minimum Gasteiger partial charge on any atom is -0.356 e. The second-order valence-corrected chi connectivity index (χ2v) is 11.0. The molecule has 37 heavy (non-hydrogen) atoms. The Bertz CT molecular complexity index is 1270. The van der Waals surface area contributed by atoms with Gasteiger partial charge in [0.25, 0.3) is 0 Å². The number of rotatable bonds is 6. The molecule has 0 radical (unpaired) electrons. The highest BCUT2D eigenvalue weighted by Crippen LogP contribution is 2.60. The lowest BCUT2D eigenvalue weighted by Crippen LogP contribution is -2.56. The van der Waals surface area contributed by atoms with Gasteiger partial charge in [-0.15, -0.1) is 0 Å². The quantitative estimate of drug-likeness (QED) is 0.597. The number of carbonyl (C=O) groups excluding carboxylic acids is 3. The van der Waals surface area contributed by atoms with Gasteiger partial charge in [-0.1, -0.05) is 73.5 Å². The van der Waals surface area contributed by atoms with E-state index in [-0.39, 0.29) is 23.8 Å². The van der Waals surface area contributed by atoms with Crippen molar-refractivity contribution in [1.82, 2.24) is 10.6 Å². The second-order valence-electron chi connectivity index (χ2n) is 11.0. The molecule has 0 unspecified atom stereocenters. The maximum absolute atomic E-state index is 14.3. The molecular formula is C30H33N3O4. The van der Waals surface area contributed by atoms with Crippen LogP contribution < -0.4 is 15.5 Å². The smallest absolute Gasteiger partial charge is 0.246 e. The second kappa shape index (κ2) is 8.84. The van der Waals surface area contributed by atoms with Crippen LogP contribution in [-0.2, 0) is 25.7 Å². The Labute approximate surface area is 217 Å². The Morgan fingerprint density at radius 2 is 1.70 bits per heavy atom. The van der Waals surface area contributed by atoms with Gasteiger partial charge in [-0.2, -0.15) is 0 Å². The first kappa shape index (κ1) is 23.9. The van der Waals surface area contributed by atoms with Crippen molar-refractivity contribution in [3.63, 3.8) is 0 Å². The molecule has 3 fully saturated rings. The predicted octanol–water partition coefficient (Wildman–Crippen LogP) is 3.42. The minimum atomic E-state index is -1.20. The van der Waals surface area contributed by atoms with Gasteiger partial charge in [-0.25, -0.2) is 0 Å². The highest BCUT2D eigenvalue weighted by molar-refractivity contribution is 6.10. The molecule has 0 aromatic heterocycles.